The first-order chi connectivity index (χ1) is 11.7. The molecule has 130 valence electrons. The van der Waals surface area contributed by atoms with Gasteiger partial charge >= 0.3 is 6.09 Å². The molecule has 1 amide bonds. The van der Waals surface area contributed by atoms with E-state index in [9.17, 15) is 4.79 Å². The third-order valence-corrected chi connectivity index (χ3v) is 5.33. The van der Waals surface area contributed by atoms with E-state index in [0.717, 1.165) is 32.1 Å². The molecule has 3 N–H and O–H groups in total. The first-order valence-electron chi connectivity index (χ1n) is 9.16. The highest BCUT2D eigenvalue weighted by molar-refractivity contribution is 5.64. The molecule has 0 unspecified atom stereocenters. The van der Waals surface area contributed by atoms with Crippen molar-refractivity contribution in [1.29, 1.82) is 0 Å². The van der Waals surface area contributed by atoms with Gasteiger partial charge in [0.1, 0.15) is 0 Å². The molecule has 0 spiro atoms. The highest BCUT2D eigenvalue weighted by atomic mass is 16.4. The second kappa shape index (κ2) is 7.84. The number of nitrogens with one attached hydrogen (secondary N) is 2. The van der Waals surface area contributed by atoms with E-state index in [2.05, 4.69) is 54.0 Å². The summed E-state index contributed by atoms with van der Waals surface area (Å²) in [6.45, 7) is 2.24. The van der Waals surface area contributed by atoms with Crippen molar-refractivity contribution in [1.82, 2.24) is 10.6 Å². The Balaban J connectivity index is 1.47. The molecule has 2 fully saturated rings. The Labute approximate surface area is 144 Å². The predicted octanol–water partition coefficient (Wildman–Crippen LogP) is 4.04. The molecule has 0 aliphatic heterocycles. The Bertz CT molecular complexity index is 577. The third kappa shape index (κ3) is 4.60. The van der Waals surface area contributed by atoms with Crippen molar-refractivity contribution in [2.45, 2.75) is 63.6 Å². The van der Waals surface area contributed by atoms with E-state index < -0.39 is 6.09 Å². The van der Waals surface area contributed by atoms with Crippen molar-refractivity contribution in [3.63, 3.8) is 0 Å². The minimum atomic E-state index is -0.896. The second-order valence-electron chi connectivity index (χ2n) is 7.10. The first-order valence-corrected chi connectivity index (χ1v) is 9.16. The maximum Gasteiger partial charge on any atom is 0.404 e. The van der Waals surface area contributed by atoms with E-state index in [1.807, 2.05) is 0 Å². The predicted molar refractivity (Wildman–Crippen MR) is 96.9 cm³/mol. The van der Waals surface area contributed by atoms with Gasteiger partial charge in [0.15, 0.2) is 0 Å². The molecule has 2 aliphatic rings. The molecule has 24 heavy (non-hydrogen) atoms. The summed E-state index contributed by atoms with van der Waals surface area (Å²) in [7, 11) is 0. The van der Waals surface area contributed by atoms with Gasteiger partial charge in [-0.15, -0.1) is 0 Å². The van der Waals surface area contributed by atoms with Gasteiger partial charge in [-0.05, 0) is 50.0 Å². The summed E-state index contributed by atoms with van der Waals surface area (Å²) >= 11 is 0. The Morgan fingerprint density at radius 1 is 1.17 bits per heavy atom. The van der Waals surface area contributed by atoms with Gasteiger partial charge in [0.05, 0.1) is 0 Å². The largest absolute Gasteiger partial charge is 0.465 e. The Morgan fingerprint density at radius 2 is 1.83 bits per heavy atom. The Kier molecular flexibility index (Phi) is 5.56. The molecule has 1 aromatic rings. The number of benzene rings is 1. The van der Waals surface area contributed by atoms with Crippen molar-refractivity contribution < 1.29 is 9.90 Å². The number of carboxylic acid groups (broad SMARTS) is 1. The van der Waals surface area contributed by atoms with E-state index in [-0.39, 0.29) is 6.04 Å². The summed E-state index contributed by atoms with van der Waals surface area (Å²) < 4.78 is 0. The van der Waals surface area contributed by atoms with Crippen LogP contribution >= 0.6 is 0 Å². The van der Waals surface area contributed by atoms with E-state index >= 15 is 0 Å². The van der Waals surface area contributed by atoms with Crippen LogP contribution in [0.3, 0.4) is 0 Å². The molecule has 2 atom stereocenters. The van der Waals surface area contributed by atoms with Crippen LogP contribution in [0, 0.1) is 5.92 Å². The Hall–Kier alpha value is -1.81. The highest BCUT2D eigenvalue weighted by Gasteiger charge is 2.40. The molecule has 0 saturated heterocycles. The summed E-state index contributed by atoms with van der Waals surface area (Å²) in [6.07, 6.45) is 7.82. The van der Waals surface area contributed by atoms with Crippen LogP contribution in [0.5, 0.6) is 0 Å². The molecule has 1 aromatic carbocycles. The maximum absolute atomic E-state index is 10.7. The third-order valence-electron chi connectivity index (χ3n) is 5.33. The molecule has 0 aromatic heterocycles. The van der Waals surface area contributed by atoms with E-state index in [0.29, 0.717) is 18.0 Å². The second-order valence-corrected chi connectivity index (χ2v) is 7.10. The number of hydrogen-bond donors (Lipinski definition) is 3. The Morgan fingerprint density at radius 3 is 2.46 bits per heavy atom. The van der Waals surface area contributed by atoms with Gasteiger partial charge in [0.2, 0.25) is 0 Å². The average molecular weight is 328 g/mol. The normalized spacial score (nSPS) is 30.0. The van der Waals surface area contributed by atoms with Crippen molar-refractivity contribution in [3.05, 3.63) is 41.5 Å². The van der Waals surface area contributed by atoms with Gasteiger partial charge in [0.25, 0.3) is 0 Å². The van der Waals surface area contributed by atoms with Crippen molar-refractivity contribution in [3.8, 4) is 0 Å². The smallest absolute Gasteiger partial charge is 0.404 e. The summed E-state index contributed by atoms with van der Waals surface area (Å²) in [6, 6.07) is 11.8. The molecule has 0 radical (unpaired) electrons. The molecule has 2 aliphatic carbocycles. The minimum Gasteiger partial charge on any atom is -0.465 e. The fourth-order valence-corrected chi connectivity index (χ4v) is 3.91. The van der Waals surface area contributed by atoms with Gasteiger partial charge in [-0.2, -0.15) is 0 Å². The van der Waals surface area contributed by atoms with Crippen molar-refractivity contribution in [2.75, 3.05) is 0 Å². The lowest BCUT2D eigenvalue weighted by atomic mass is 9.91. The van der Waals surface area contributed by atoms with Crippen LogP contribution in [-0.2, 0) is 0 Å². The molecule has 0 heterocycles. The van der Waals surface area contributed by atoms with Crippen LogP contribution in [0.4, 0.5) is 4.79 Å². The van der Waals surface area contributed by atoms with Gasteiger partial charge in [-0.25, -0.2) is 4.79 Å². The fraction of sp³-hybridized carbons (Fsp3) is 0.550. The van der Waals surface area contributed by atoms with Crippen LogP contribution in [0.2, 0.25) is 0 Å². The summed E-state index contributed by atoms with van der Waals surface area (Å²) in [4.78, 5) is 10.7. The van der Waals surface area contributed by atoms with Crippen LogP contribution in [0.25, 0.3) is 6.08 Å². The van der Waals surface area contributed by atoms with E-state index in [1.54, 1.807) is 5.57 Å². The highest BCUT2D eigenvalue weighted by Crippen LogP contribution is 2.40. The minimum absolute atomic E-state index is 0.139. The topological polar surface area (TPSA) is 61.4 Å². The quantitative estimate of drug-likeness (QED) is 0.738. The summed E-state index contributed by atoms with van der Waals surface area (Å²) in [5, 5.41) is 15.2. The monoisotopic (exact) mass is 328 g/mol. The molecule has 2 saturated carbocycles. The van der Waals surface area contributed by atoms with Crippen LogP contribution in [-0.4, -0.2) is 29.3 Å². The number of rotatable bonds is 6. The van der Waals surface area contributed by atoms with Crippen LogP contribution < -0.4 is 10.6 Å². The number of amides is 1. The zero-order valence-electron chi connectivity index (χ0n) is 14.4. The SMILES string of the molecule is CCC(=Cc1ccccc1)[C@@H]1C[C@H]1NC1CCC(NC(=O)O)CC1. The molecular formula is C20H28N2O2. The summed E-state index contributed by atoms with van der Waals surface area (Å²) in [5.41, 5.74) is 2.83. The van der Waals surface area contributed by atoms with Crippen molar-refractivity contribution >= 4 is 12.2 Å². The fourth-order valence-electron chi connectivity index (χ4n) is 3.91. The van der Waals surface area contributed by atoms with Gasteiger partial charge < -0.3 is 15.7 Å². The summed E-state index contributed by atoms with van der Waals surface area (Å²) in [5.74, 6) is 0.671. The van der Waals surface area contributed by atoms with Crippen molar-refractivity contribution in [2.24, 2.45) is 5.92 Å². The lowest BCUT2D eigenvalue weighted by Crippen LogP contribution is -2.42. The number of carbonyl (C=O) groups is 1. The number of hydrogen-bond acceptors (Lipinski definition) is 2. The lowest BCUT2D eigenvalue weighted by molar-refractivity contribution is 0.183. The molecule has 4 heteroatoms. The maximum atomic E-state index is 10.7. The molecule has 3 rings (SSSR count). The van der Waals surface area contributed by atoms with Gasteiger partial charge in [0, 0.05) is 18.1 Å². The van der Waals surface area contributed by atoms with Crippen LogP contribution in [0.15, 0.2) is 35.9 Å². The average Bonchev–Trinajstić information content (AvgIpc) is 3.34. The van der Waals surface area contributed by atoms with Crippen LogP contribution in [0.1, 0.15) is 51.0 Å². The molecular weight excluding hydrogens is 300 g/mol. The van der Waals surface area contributed by atoms with Gasteiger partial charge in [-0.1, -0.05) is 48.9 Å². The zero-order chi connectivity index (χ0) is 16.9. The lowest BCUT2D eigenvalue weighted by Gasteiger charge is -2.29. The van der Waals surface area contributed by atoms with E-state index in [4.69, 9.17) is 5.11 Å². The standard InChI is InChI=1S/C20H28N2O2/c1-2-15(12-14-6-4-3-5-7-14)18-13-19(18)21-16-8-10-17(11-9-16)22-20(23)24/h3-7,12,16-19,21-22H,2,8-11,13H2,1H3,(H,23,24)/t16?,17?,18-,19+/m0/s1. The van der Waals surface area contributed by atoms with E-state index in [1.165, 1.54) is 12.0 Å². The first kappa shape index (κ1) is 17.0. The van der Waals surface area contributed by atoms with Gasteiger partial charge in [-0.3, -0.25) is 0 Å². The zero-order valence-corrected chi connectivity index (χ0v) is 14.4. The molecule has 4 nitrogen and oxygen atoms in total. The molecule has 0 bridgehead atoms.